The van der Waals surface area contributed by atoms with Crippen LogP contribution in [0.2, 0.25) is 0 Å². The molecule has 1 aromatic rings. The Hall–Kier alpha value is -0.430. The lowest BCUT2D eigenvalue weighted by molar-refractivity contribution is 0.200. The summed E-state index contributed by atoms with van der Waals surface area (Å²) in [7, 11) is 1.67. The molecule has 0 aromatic carbocycles. The first-order valence-corrected chi connectivity index (χ1v) is 6.25. The van der Waals surface area contributed by atoms with Crippen LogP contribution in [0.4, 0.5) is 5.82 Å². The van der Waals surface area contributed by atoms with Crippen molar-refractivity contribution in [2.75, 3.05) is 19.5 Å². The maximum absolute atomic E-state index is 5.89. The monoisotopic (exact) mass is 335 g/mol. The van der Waals surface area contributed by atoms with Gasteiger partial charge in [0.05, 0.1) is 15.9 Å². The van der Waals surface area contributed by atoms with E-state index in [2.05, 4.69) is 53.3 Å². The molecule has 0 fully saturated rings. The summed E-state index contributed by atoms with van der Waals surface area (Å²) in [6, 6.07) is 0. The summed E-state index contributed by atoms with van der Waals surface area (Å²) in [5.41, 5.74) is 6.88. The van der Waals surface area contributed by atoms with Crippen LogP contribution in [0.15, 0.2) is 0 Å². The van der Waals surface area contributed by atoms with Crippen molar-refractivity contribution in [1.29, 1.82) is 0 Å². The number of nitrogens with zero attached hydrogens (tertiary/aromatic N) is 2. The van der Waals surface area contributed by atoms with Crippen LogP contribution in [-0.2, 0) is 16.6 Å². The van der Waals surface area contributed by atoms with Gasteiger partial charge in [0.1, 0.15) is 11.6 Å². The van der Waals surface area contributed by atoms with Gasteiger partial charge in [0.2, 0.25) is 0 Å². The number of nitrogens with two attached hydrogens (primary N) is 1. The van der Waals surface area contributed by atoms with Crippen LogP contribution in [0.5, 0.6) is 0 Å². The quantitative estimate of drug-likeness (QED) is 0.860. The highest BCUT2D eigenvalue weighted by atomic mass is 127. The molecule has 4 nitrogen and oxygen atoms in total. The highest BCUT2D eigenvalue weighted by Crippen LogP contribution is 2.27. The van der Waals surface area contributed by atoms with E-state index in [0.29, 0.717) is 18.8 Å². The second-order valence-corrected chi connectivity index (χ2v) is 5.76. The van der Waals surface area contributed by atoms with Crippen molar-refractivity contribution in [3.05, 3.63) is 15.1 Å². The minimum atomic E-state index is -0.0184. The second kappa shape index (κ2) is 5.27. The number of aromatic nitrogens is 2. The second-order valence-electron chi connectivity index (χ2n) is 4.68. The number of ether oxygens (including phenoxy) is 1. The molecular weight excluding hydrogens is 317 g/mol. The molecule has 0 saturated carbocycles. The van der Waals surface area contributed by atoms with Crippen LogP contribution in [0.3, 0.4) is 0 Å². The third-order valence-corrected chi connectivity index (χ3v) is 3.23. The Morgan fingerprint density at radius 3 is 2.44 bits per heavy atom. The van der Waals surface area contributed by atoms with E-state index in [0.717, 1.165) is 15.1 Å². The van der Waals surface area contributed by atoms with Gasteiger partial charge in [0.25, 0.3) is 0 Å². The van der Waals surface area contributed by atoms with Gasteiger partial charge in [-0.15, -0.1) is 0 Å². The molecule has 0 aliphatic carbocycles. The van der Waals surface area contributed by atoms with E-state index in [9.17, 15) is 0 Å². The van der Waals surface area contributed by atoms with Crippen LogP contribution >= 0.6 is 22.6 Å². The number of anilines is 1. The highest BCUT2D eigenvalue weighted by molar-refractivity contribution is 14.1. The molecule has 2 N–H and O–H groups in total. The van der Waals surface area contributed by atoms with Gasteiger partial charge in [-0.3, -0.25) is 0 Å². The molecule has 0 unspecified atom stereocenters. The Balaban J connectivity index is 3.12. The zero-order chi connectivity index (χ0) is 12.3. The van der Waals surface area contributed by atoms with Crippen LogP contribution in [0, 0.1) is 3.57 Å². The van der Waals surface area contributed by atoms with Crippen molar-refractivity contribution in [3.63, 3.8) is 0 Å². The molecule has 1 aromatic heterocycles. The minimum Gasteiger partial charge on any atom is -0.384 e. The lowest BCUT2D eigenvalue weighted by atomic mass is 9.92. The zero-order valence-electron chi connectivity index (χ0n) is 10.2. The molecule has 0 radical (unpaired) electrons. The summed E-state index contributed by atoms with van der Waals surface area (Å²) in [5.74, 6) is 1.32. The van der Waals surface area contributed by atoms with Crippen molar-refractivity contribution in [1.82, 2.24) is 9.97 Å². The Morgan fingerprint density at radius 1 is 1.31 bits per heavy atom. The molecule has 1 heterocycles. The highest BCUT2D eigenvalue weighted by Gasteiger charge is 2.22. The number of halogens is 1. The minimum absolute atomic E-state index is 0.0184. The fraction of sp³-hybridized carbons (Fsp3) is 0.636. The van der Waals surface area contributed by atoms with E-state index in [4.69, 9.17) is 10.5 Å². The number of hydrogen-bond acceptors (Lipinski definition) is 4. The third kappa shape index (κ3) is 3.28. The van der Waals surface area contributed by atoms with E-state index in [-0.39, 0.29) is 5.41 Å². The van der Waals surface area contributed by atoms with Gasteiger partial charge < -0.3 is 10.5 Å². The molecule has 0 atom stereocenters. The molecular formula is C11H18IN3O. The number of hydrogen-bond donors (Lipinski definition) is 1. The molecule has 0 aliphatic heterocycles. The number of methoxy groups -OCH3 is 1. The molecule has 0 saturated heterocycles. The first-order chi connectivity index (χ1) is 7.36. The van der Waals surface area contributed by atoms with E-state index in [1.165, 1.54) is 0 Å². The van der Waals surface area contributed by atoms with Crippen LogP contribution in [-0.4, -0.2) is 23.7 Å². The van der Waals surface area contributed by atoms with Gasteiger partial charge in [-0.1, -0.05) is 20.8 Å². The number of nitrogen functional groups attached to an aromatic ring is 1. The maximum Gasteiger partial charge on any atom is 0.140 e. The first kappa shape index (κ1) is 13.6. The first-order valence-electron chi connectivity index (χ1n) is 5.17. The fourth-order valence-electron chi connectivity index (χ4n) is 1.31. The SMILES string of the molecule is COCCc1nc(N)c(I)c(C(C)(C)C)n1. The van der Waals surface area contributed by atoms with E-state index in [1.807, 2.05) is 0 Å². The topological polar surface area (TPSA) is 61.0 Å². The zero-order valence-corrected chi connectivity index (χ0v) is 12.3. The lowest BCUT2D eigenvalue weighted by Crippen LogP contribution is -2.19. The summed E-state index contributed by atoms with van der Waals surface area (Å²) < 4.78 is 5.97. The molecule has 0 amide bonds. The molecule has 0 aliphatic rings. The summed E-state index contributed by atoms with van der Waals surface area (Å²) >= 11 is 2.20. The van der Waals surface area contributed by atoms with Gasteiger partial charge in [0.15, 0.2) is 0 Å². The summed E-state index contributed by atoms with van der Waals surface area (Å²) in [5, 5.41) is 0. The predicted octanol–water partition coefficient (Wildman–Crippen LogP) is 2.15. The van der Waals surface area contributed by atoms with Crippen LogP contribution < -0.4 is 5.73 Å². The standard InChI is InChI=1S/C11H18IN3O/c1-11(2,3)9-8(12)10(13)15-7(14-9)5-6-16-4/h5-6H2,1-4H3,(H2,13,14,15). The maximum atomic E-state index is 5.89. The smallest absolute Gasteiger partial charge is 0.140 e. The average Bonchev–Trinajstić information content (AvgIpc) is 2.17. The molecule has 16 heavy (non-hydrogen) atoms. The van der Waals surface area contributed by atoms with Crippen LogP contribution in [0.25, 0.3) is 0 Å². The molecule has 0 bridgehead atoms. The fourth-order valence-corrected chi connectivity index (χ4v) is 2.36. The van der Waals surface area contributed by atoms with Gasteiger partial charge in [-0.2, -0.15) is 0 Å². The molecule has 0 spiro atoms. The Kier molecular flexibility index (Phi) is 4.49. The average molecular weight is 335 g/mol. The van der Waals surface area contributed by atoms with E-state index >= 15 is 0 Å². The van der Waals surface area contributed by atoms with Crippen LogP contribution in [0.1, 0.15) is 32.3 Å². The normalized spacial score (nSPS) is 11.8. The lowest BCUT2D eigenvalue weighted by Gasteiger charge is -2.20. The molecule has 5 heteroatoms. The summed E-state index contributed by atoms with van der Waals surface area (Å²) in [6.45, 7) is 6.98. The predicted molar refractivity (Wildman–Crippen MR) is 73.4 cm³/mol. The van der Waals surface area contributed by atoms with E-state index < -0.39 is 0 Å². The van der Waals surface area contributed by atoms with Gasteiger partial charge in [-0.25, -0.2) is 9.97 Å². The molecule has 1 rings (SSSR count). The van der Waals surface area contributed by atoms with Gasteiger partial charge in [-0.05, 0) is 22.6 Å². The van der Waals surface area contributed by atoms with Crippen molar-refractivity contribution in [2.24, 2.45) is 0 Å². The Morgan fingerprint density at radius 2 is 1.94 bits per heavy atom. The van der Waals surface area contributed by atoms with Gasteiger partial charge >= 0.3 is 0 Å². The van der Waals surface area contributed by atoms with Crippen molar-refractivity contribution in [2.45, 2.75) is 32.6 Å². The molecule has 90 valence electrons. The van der Waals surface area contributed by atoms with E-state index in [1.54, 1.807) is 7.11 Å². The van der Waals surface area contributed by atoms with Gasteiger partial charge in [0, 0.05) is 18.9 Å². The van der Waals surface area contributed by atoms with Crippen molar-refractivity contribution >= 4 is 28.4 Å². The Bertz CT molecular complexity index is 374. The Labute approximate surface area is 110 Å². The van der Waals surface area contributed by atoms with Crippen molar-refractivity contribution < 1.29 is 4.74 Å². The largest absolute Gasteiger partial charge is 0.384 e. The van der Waals surface area contributed by atoms with Crippen molar-refractivity contribution in [3.8, 4) is 0 Å². The number of rotatable bonds is 3. The summed E-state index contributed by atoms with van der Waals surface area (Å²) in [6.07, 6.45) is 0.695. The third-order valence-electron chi connectivity index (χ3n) is 2.16. The summed E-state index contributed by atoms with van der Waals surface area (Å²) in [4.78, 5) is 8.83.